The largest absolute Gasteiger partial charge is 0.497 e. The van der Waals surface area contributed by atoms with Gasteiger partial charge in [0.2, 0.25) is 0 Å². The van der Waals surface area contributed by atoms with Gasteiger partial charge in [0.15, 0.2) is 0 Å². The van der Waals surface area contributed by atoms with Crippen LogP contribution in [0.2, 0.25) is 0 Å². The fourth-order valence-electron chi connectivity index (χ4n) is 1.45. The van der Waals surface area contributed by atoms with Gasteiger partial charge in [-0.05, 0) is 44.0 Å². The van der Waals surface area contributed by atoms with Crippen LogP contribution in [0.25, 0.3) is 0 Å². The normalized spacial score (nSPS) is 11.5. The minimum atomic E-state index is -0.781. The Morgan fingerprint density at radius 2 is 1.92 bits per heavy atom. The Labute approximate surface area is 79.2 Å². The highest BCUT2D eigenvalue weighted by Crippen LogP contribution is 2.26. The van der Waals surface area contributed by atoms with E-state index in [1.807, 2.05) is 25.1 Å². The van der Waals surface area contributed by atoms with Gasteiger partial charge in [0, 0.05) is 0 Å². The Morgan fingerprint density at radius 1 is 1.31 bits per heavy atom. The van der Waals surface area contributed by atoms with Crippen molar-refractivity contribution in [2.24, 2.45) is 0 Å². The van der Waals surface area contributed by atoms with Crippen molar-refractivity contribution >= 4 is 0 Å². The molecule has 1 aromatic carbocycles. The zero-order valence-corrected chi connectivity index (χ0v) is 8.59. The van der Waals surface area contributed by atoms with Gasteiger partial charge >= 0.3 is 0 Å². The molecule has 0 amide bonds. The second kappa shape index (κ2) is 3.38. The summed E-state index contributed by atoms with van der Waals surface area (Å²) in [6.07, 6.45) is 0. The van der Waals surface area contributed by atoms with Gasteiger partial charge in [-0.2, -0.15) is 0 Å². The van der Waals surface area contributed by atoms with Crippen LogP contribution in [0.1, 0.15) is 25.0 Å². The van der Waals surface area contributed by atoms with E-state index in [0.717, 1.165) is 16.9 Å². The third-order valence-electron chi connectivity index (χ3n) is 2.09. The number of hydrogen-bond donors (Lipinski definition) is 1. The minimum Gasteiger partial charge on any atom is -0.497 e. The summed E-state index contributed by atoms with van der Waals surface area (Å²) in [5.74, 6) is 0.825. The van der Waals surface area contributed by atoms with Gasteiger partial charge in [-0.15, -0.1) is 0 Å². The van der Waals surface area contributed by atoms with E-state index in [9.17, 15) is 5.11 Å². The van der Waals surface area contributed by atoms with Gasteiger partial charge in [-0.25, -0.2) is 0 Å². The lowest BCUT2D eigenvalue weighted by Gasteiger charge is -2.20. The van der Waals surface area contributed by atoms with Crippen LogP contribution in [0.3, 0.4) is 0 Å². The average molecular weight is 180 g/mol. The number of methoxy groups -OCH3 is 1. The summed E-state index contributed by atoms with van der Waals surface area (Å²) in [7, 11) is 1.64. The van der Waals surface area contributed by atoms with Crippen molar-refractivity contribution < 1.29 is 9.84 Å². The third kappa shape index (κ3) is 2.22. The van der Waals surface area contributed by atoms with Gasteiger partial charge in [0.1, 0.15) is 5.75 Å². The summed E-state index contributed by atoms with van der Waals surface area (Å²) in [5, 5.41) is 9.79. The van der Waals surface area contributed by atoms with Crippen molar-refractivity contribution in [3.8, 4) is 5.75 Å². The van der Waals surface area contributed by atoms with E-state index >= 15 is 0 Å². The van der Waals surface area contributed by atoms with Crippen molar-refractivity contribution in [2.45, 2.75) is 26.4 Å². The molecule has 0 spiro atoms. The Hall–Kier alpha value is -1.02. The van der Waals surface area contributed by atoms with Gasteiger partial charge in [0.05, 0.1) is 12.7 Å². The van der Waals surface area contributed by atoms with Crippen LogP contribution in [-0.4, -0.2) is 12.2 Å². The molecule has 0 saturated heterocycles. The molecule has 0 aromatic heterocycles. The molecule has 1 N–H and O–H groups in total. The second-order valence-electron chi connectivity index (χ2n) is 3.74. The molecule has 2 heteroatoms. The maximum Gasteiger partial charge on any atom is 0.119 e. The standard InChI is InChI=1S/C11H16O2/c1-8-7-9(13-4)5-6-10(8)11(2,3)12/h5-7,12H,1-4H3. The molecule has 0 bridgehead atoms. The van der Waals surface area contributed by atoms with Crippen molar-refractivity contribution in [3.05, 3.63) is 29.3 Å². The minimum absolute atomic E-state index is 0.781. The van der Waals surface area contributed by atoms with E-state index in [-0.39, 0.29) is 0 Å². The van der Waals surface area contributed by atoms with Crippen LogP contribution in [0, 0.1) is 6.92 Å². The van der Waals surface area contributed by atoms with Crippen LogP contribution in [0.4, 0.5) is 0 Å². The van der Waals surface area contributed by atoms with Gasteiger partial charge in [-0.1, -0.05) is 6.07 Å². The first kappa shape index (κ1) is 10.1. The topological polar surface area (TPSA) is 29.5 Å². The van der Waals surface area contributed by atoms with Crippen LogP contribution < -0.4 is 4.74 Å². The number of aliphatic hydroxyl groups is 1. The number of benzene rings is 1. The SMILES string of the molecule is COc1ccc(C(C)(C)O)c(C)c1. The molecule has 0 aliphatic carbocycles. The lowest BCUT2D eigenvalue weighted by molar-refractivity contribution is 0.0779. The smallest absolute Gasteiger partial charge is 0.119 e. The first-order valence-corrected chi connectivity index (χ1v) is 4.32. The van der Waals surface area contributed by atoms with Gasteiger partial charge in [0.25, 0.3) is 0 Å². The zero-order chi connectivity index (χ0) is 10.1. The predicted octanol–water partition coefficient (Wildman–Crippen LogP) is 2.23. The van der Waals surface area contributed by atoms with E-state index < -0.39 is 5.60 Å². The van der Waals surface area contributed by atoms with E-state index in [0.29, 0.717) is 0 Å². The van der Waals surface area contributed by atoms with Crippen LogP contribution in [0.5, 0.6) is 5.75 Å². The van der Waals surface area contributed by atoms with E-state index in [1.54, 1.807) is 21.0 Å². The fraction of sp³-hybridized carbons (Fsp3) is 0.455. The predicted molar refractivity (Wildman–Crippen MR) is 53.0 cm³/mol. The summed E-state index contributed by atoms with van der Waals surface area (Å²) in [6.45, 7) is 5.53. The Morgan fingerprint density at radius 3 is 2.31 bits per heavy atom. The molecule has 0 fully saturated rings. The highest BCUT2D eigenvalue weighted by molar-refractivity contribution is 5.37. The van der Waals surface area contributed by atoms with Crippen molar-refractivity contribution in [3.63, 3.8) is 0 Å². The Balaban J connectivity index is 3.13. The van der Waals surface area contributed by atoms with E-state index in [2.05, 4.69) is 0 Å². The molecule has 0 atom stereocenters. The van der Waals surface area contributed by atoms with Gasteiger partial charge < -0.3 is 9.84 Å². The van der Waals surface area contributed by atoms with Crippen LogP contribution in [0.15, 0.2) is 18.2 Å². The number of aryl methyl sites for hydroxylation is 1. The molecule has 0 aliphatic rings. The summed E-state index contributed by atoms with van der Waals surface area (Å²) >= 11 is 0. The first-order valence-electron chi connectivity index (χ1n) is 4.32. The monoisotopic (exact) mass is 180 g/mol. The molecule has 0 aliphatic heterocycles. The lowest BCUT2D eigenvalue weighted by atomic mass is 9.94. The summed E-state index contributed by atoms with van der Waals surface area (Å²) in [4.78, 5) is 0. The molecule has 72 valence electrons. The number of hydrogen-bond acceptors (Lipinski definition) is 2. The molecular formula is C11H16O2. The lowest BCUT2D eigenvalue weighted by Crippen LogP contribution is -2.16. The summed E-state index contributed by atoms with van der Waals surface area (Å²) in [5.41, 5.74) is 1.20. The highest BCUT2D eigenvalue weighted by Gasteiger charge is 2.18. The molecule has 0 radical (unpaired) electrons. The molecule has 1 rings (SSSR count). The third-order valence-corrected chi connectivity index (χ3v) is 2.09. The maximum absolute atomic E-state index is 9.79. The molecule has 1 aromatic rings. The highest BCUT2D eigenvalue weighted by atomic mass is 16.5. The van der Waals surface area contributed by atoms with Crippen molar-refractivity contribution in [1.82, 2.24) is 0 Å². The first-order chi connectivity index (χ1) is 5.95. The maximum atomic E-state index is 9.79. The summed E-state index contributed by atoms with van der Waals surface area (Å²) < 4.78 is 5.08. The van der Waals surface area contributed by atoms with Crippen LogP contribution in [-0.2, 0) is 5.60 Å². The molecule has 2 nitrogen and oxygen atoms in total. The zero-order valence-electron chi connectivity index (χ0n) is 8.59. The van der Waals surface area contributed by atoms with Crippen LogP contribution >= 0.6 is 0 Å². The fourth-order valence-corrected chi connectivity index (χ4v) is 1.45. The molecule has 13 heavy (non-hydrogen) atoms. The van der Waals surface area contributed by atoms with Gasteiger partial charge in [-0.3, -0.25) is 0 Å². The summed E-state index contributed by atoms with van der Waals surface area (Å²) in [6, 6.07) is 5.68. The second-order valence-corrected chi connectivity index (χ2v) is 3.74. The van der Waals surface area contributed by atoms with Crippen molar-refractivity contribution in [2.75, 3.05) is 7.11 Å². The Kier molecular flexibility index (Phi) is 2.62. The van der Waals surface area contributed by atoms with E-state index in [4.69, 9.17) is 4.74 Å². The molecule has 0 heterocycles. The quantitative estimate of drug-likeness (QED) is 0.756. The molecular weight excluding hydrogens is 164 g/mol. The Bertz CT molecular complexity index is 297. The molecule has 0 unspecified atom stereocenters. The molecule has 0 saturated carbocycles. The van der Waals surface area contributed by atoms with Crippen molar-refractivity contribution in [1.29, 1.82) is 0 Å². The van der Waals surface area contributed by atoms with E-state index in [1.165, 1.54) is 0 Å². The number of ether oxygens (including phenoxy) is 1. The average Bonchev–Trinajstić information content (AvgIpc) is 2.01. The number of rotatable bonds is 2.